The van der Waals surface area contributed by atoms with Crippen LogP contribution in [-0.4, -0.2) is 28.2 Å². The van der Waals surface area contributed by atoms with Gasteiger partial charge < -0.3 is 20.5 Å². The molecular weight excluding hydrogens is 289 g/mol. The van der Waals surface area contributed by atoms with Crippen molar-refractivity contribution in [1.29, 1.82) is 0 Å². The van der Waals surface area contributed by atoms with E-state index in [1.807, 2.05) is 0 Å². The molecule has 0 saturated carbocycles. The first kappa shape index (κ1) is 15.8. The minimum atomic E-state index is -0.561. The van der Waals surface area contributed by atoms with Crippen LogP contribution in [0.3, 0.4) is 0 Å². The summed E-state index contributed by atoms with van der Waals surface area (Å²) < 4.78 is 12.8. The highest BCUT2D eigenvalue weighted by molar-refractivity contribution is 5.43. The number of pyridine rings is 1. The standard InChI is InChI=1S/C15H16FN3O3/c16-13-3-1-11(2-4-13)7-12(10-20)8-17-14-5-6-15(18-9-14)19(21)22/h1-6,9,12,17,20H,7-8,10H2/t12-/m1/s1. The molecule has 1 aromatic heterocycles. The third-order valence-electron chi connectivity index (χ3n) is 3.23. The predicted molar refractivity (Wildman–Crippen MR) is 80.1 cm³/mol. The van der Waals surface area contributed by atoms with Gasteiger partial charge in [0.2, 0.25) is 0 Å². The normalized spacial score (nSPS) is 11.9. The lowest BCUT2D eigenvalue weighted by molar-refractivity contribution is -0.389. The largest absolute Gasteiger partial charge is 0.396 e. The molecule has 0 radical (unpaired) electrons. The number of nitro groups is 1. The van der Waals surface area contributed by atoms with Crippen LogP contribution in [0.4, 0.5) is 15.9 Å². The van der Waals surface area contributed by atoms with Gasteiger partial charge in [-0.3, -0.25) is 0 Å². The van der Waals surface area contributed by atoms with Gasteiger partial charge in [0.15, 0.2) is 6.20 Å². The van der Waals surface area contributed by atoms with E-state index in [2.05, 4.69) is 10.3 Å². The number of nitrogens with one attached hydrogen (secondary N) is 1. The monoisotopic (exact) mass is 305 g/mol. The molecule has 22 heavy (non-hydrogen) atoms. The van der Waals surface area contributed by atoms with Crippen LogP contribution >= 0.6 is 0 Å². The van der Waals surface area contributed by atoms with E-state index in [-0.39, 0.29) is 24.2 Å². The van der Waals surface area contributed by atoms with E-state index in [0.29, 0.717) is 18.7 Å². The van der Waals surface area contributed by atoms with Crippen molar-refractivity contribution in [3.05, 3.63) is 64.1 Å². The van der Waals surface area contributed by atoms with Crippen molar-refractivity contribution in [3.8, 4) is 0 Å². The summed E-state index contributed by atoms with van der Waals surface area (Å²) in [5, 5.41) is 23.0. The molecule has 0 bridgehead atoms. The molecule has 2 N–H and O–H groups in total. The first-order valence-electron chi connectivity index (χ1n) is 6.78. The van der Waals surface area contributed by atoms with E-state index in [0.717, 1.165) is 5.56 Å². The van der Waals surface area contributed by atoms with Crippen molar-refractivity contribution in [3.63, 3.8) is 0 Å². The Kier molecular flexibility index (Phi) is 5.37. The molecule has 6 nitrogen and oxygen atoms in total. The van der Waals surface area contributed by atoms with Crippen LogP contribution < -0.4 is 5.32 Å². The van der Waals surface area contributed by atoms with Crippen molar-refractivity contribution in [2.75, 3.05) is 18.5 Å². The Morgan fingerprint density at radius 2 is 2.00 bits per heavy atom. The van der Waals surface area contributed by atoms with Crippen molar-refractivity contribution >= 4 is 11.5 Å². The molecule has 0 spiro atoms. The van der Waals surface area contributed by atoms with E-state index in [4.69, 9.17) is 0 Å². The zero-order valence-corrected chi connectivity index (χ0v) is 11.8. The Balaban J connectivity index is 1.90. The van der Waals surface area contributed by atoms with Crippen LogP contribution in [0.2, 0.25) is 0 Å². The summed E-state index contributed by atoms with van der Waals surface area (Å²) in [5.74, 6) is -0.560. The Bertz CT molecular complexity index is 617. The Hall–Kier alpha value is -2.54. The molecule has 1 heterocycles. The fourth-order valence-electron chi connectivity index (χ4n) is 2.02. The first-order valence-corrected chi connectivity index (χ1v) is 6.78. The van der Waals surface area contributed by atoms with Crippen molar-refractivity contribution < 1.29 is 14.4 Å². The summed E-state index contributed by atoms with van der Waals surface area (Å²) >= 11 is 0. The minimum Gasteiger partial charge on any atom is -0.396 e. The molecule has 7 heteroatoms. The number of aromatic nitrogens is 1. The summed E-state index contributed by atoms with van der Waals surface area (Å²) in [6.45, 7) is 0.457. The average molecular weight is 305 g/mol. The second-order valence-electron chi connectivity index (χ2n) is 4.92. The number of rotatable bonds is 7. The maximum atomic E-state index is 12.8. The van der Waals surface area contributed by atoms with Gasteiger partial charge in [-0.1, -0.05) is 12.1 Å². The van der Waals surface area contributed by atoms with Gasteiger partial charge in [0.25, 0.3) is 0 Å². The molecule has 0 aliphatic carbocycles. The predicted octanol–water partition coefficient (Wildman–Crippen LogP) is 2.39. The maximum Gasteiger partial charge on any atom is 0.363 e. The summed E-state index contributed by atoms with van der Waals surface area (Å²) in [5.41, 5.74) is 1.58. The highest BCUT2D eigenvalue weighted by Crippen LogP contribution is 2.14. The van der Waals surface area contributed by atoms with Gasteiger partial charge in [-0.15, -0.1) is 0 Å². The molecular formula is C15H16FN3O3. The van der Waals surface area contributed by atoms with E-state index in [1.165, 1.54) is 24.4 Å². The molecule has 0 aliphatic heterocycles. The zero-order valence-electron chi connectivity index (χ0n) is 11.8. The SMILES string of the molecule is O=[N+]([O-])c1ccc(NC[C@H](CO)Cc2ccc(F)cc2)cn1. The van der Waals surface area contributed by atoms with Crippen molar-refractivity contribution in [2.45, 2.75) is 6.42 Å². The summed E-state index contributed by atoms with van der Waals surface area (Å²) in [6, 6.07) is 9.03. The lowest BCUT2D eigenvalue weighted by atomic mass is 10.00. The molecule has 0 saturated heterocycles. The molecule has 2 rings (SSSR count). The van der Waals surface area contributed by atoms with Gasteiger partial charge in [0.1, 0.15) is 5.82 Å². The number of benzene rings is 1. The third-order valence-corrected chi connectivity index (χ3v) is 3.23. The molecule has 1 aromatic carbocycles. The third kappa shape index (κ3) is 4.49. The van der Waals surface area contributed by atoms with Gasteiger partial charge in [0, 0.05) is 25.1 Å². The molecule has 2 aromatic rings. The molecule has 116 valence electrons. The number of nitrogens with zero attached hydrogens (tertiary/aromatic N) is 2. The van der Waals surface area contributed by atoms with Crippen molar-refractivity contribution in [2.24, 2.45) is 5.92 Å². The number of anilines is 1. The lowest BCUT2D eigenvalue weighted by Crippen LogP contribution is -2.20. The van der Waals surface area contributed by atoms with Crippen LogP contribution in [0.15, 0.2) is 42.6 Å². The molecule has 0 aliphatic rings. The fraction of sp³-hybridized carbons (Fsp3) is 0.267. The second-order valence-corrected chi connectivity index (χ2v) is 4.92. The summed E-state index contributed by atoms with van der Waals surface area (Å²) in [6.07, 6.45) is 1.98. The number of halogens is 1. The van der Waals surface area contributed by atoms with E-state index in [9.17, 15) is 19.6 Å². The minimum absolute atomic E-state index is 0.0230. The highest BCUT2D eigenvalue weighted by atomic mass is 19.1. The topological polar surface area (TPSA) is 88.3 Å². The maximum absolute atomic E-state index is 12.8. The van der Waals surface area contributed by atoms with Gasteiger partial charge in [-0.25, -0.2) is 4.39 Å². The number of hydrogen-bond acceptors (Lipinski definition) is 5. The van der Waals surface area contributed by atoms with E-state index < -0.39 is 4.92 Å². The van der Waals surface area contributed by atoms with Crippen LogP contribution in [-0.2, 0) is 6.42 Å². The highest BCUT2D eigenvalue weighted by Gasteiger charge is 2.11. The Morgan fingerprint density at radius 3 is 2.55 bits per heavy atom. The molecule has 0 fully saturated rings. The van der Waals surface area contributed by atoms with Crippen LogP contribution in [0.1, 0.15) is 5.56 Å². The zero-order chi connectivity index (χ0) is 15.9. The lowest BCUT2D eigenvalue weighted by Gasteiger charge is -2.15. The van der Waals surface area contributed by atoms with Gasteiger partial charge in [-0.05, 0) is 40.1 Å². The number of aliphatic hydroxyl groups is 1. The quantitative estimate of drug-likeness (QED) is 0.605. The molecule has 0 unspecified atom stereocenters. The fourth-order valence-corrected chi connectivity index (χ4v) is 2.02. The summed E-state index contributed by atoms with van der Waals surface area (Å²) in [4.78, 5) is 13.7. The first-order chi connectivity index (χ1) is 10.6. The van der Waals surface area contributed by atoms with Gasteiger partial charge in [-0.2, -0.15) is 0 Å². The summed E-state index contributed by atoms with van der Waals surface area (Å²) in [7, 11) is 0. The Morgan fingerprint density at radius 1 is 1.27 bits per heavy atom. The second kappa shape index (κ2) is 7.46. The van der Waals surface area contributed by atoms with E-state index in [1.54, 1.807) is 18.2 Å². The van der Waals surface area contributed by atoms with Gasteiger partial charge >= 0.3 is 5.82 Å². The molecule has 0 amide bonds. The van der Waals surface area contributed by atoms with E-state index >= 15 is 0 Å². The van der Waals surface area contributed by atoms with Crippen LogP contribution in [0.25, 0.3) is 0 Å². The van der Waals surface area contributed by atoms with Crippen LogP contribution in [0, 0.1) is 21.8 Å². The van der Waals surface area contributed by atoms with Gasteiger partial charge in [0.05, 0.1) is 5.69 Å². The molecule has 1 atom stereocenters. The smallest absolute Gasteiger partial charge is 0.363 e. The Labute approximate surface area is 126 Å². The van der Waals surface area contributed by atoms with Crippen molar-refractivity contribution in [1.82, 2.24) is 4.98 Å². The number of aliphatic hydroxyl groups excluding tert-OH is 1. The van der Waals surface area contributed by atoms with Crippen LogP contribution in [0.5, 0.6) is 0 Å². The number of hydrogen-bond donors (Lipinski definition) is 2. The average Bonchev–Trinajstić information content (AvgIpc) is 2.53.